The third-order valence-electron chi connectivity index (χ3n) is 10.7. The molecule has 3 fully saturated rings. The summed E-state index contributed by atoms with van der Waals surface area (Å²) in [5, 5.41) is 10.2. The highest BCUT2D eigenvalue weighted by atomic mass is 16.5. The van der Waals surface area contributed by atoms with E-state index in [1.165, 1.54) is 16.7 Å². The number of carbonyl (C=O) groups excluding carboxylic acids is 2. The number of piperidine rings is 1. The Balaban J connectivity index is 1.15. The van der Waals surface area contributed by atoms with Gasteiger partial charge in [-0.05, 0) is 97.9 Å². The summed E-state index contributed by atoms with van der Waals surface area (Å²) in [6, 6.07) is 14.6. The van der Waals surface area contributed by atoms with Gasteiger partial charge in [0.1, 0.15) is 5.75 Å². The Bertz CT molecular complexity index is 1470. The third-order valence-corrected chi connectivity index (χ3v) is 10.7. The molecule has 7 heteroatoms. The zero-order chi connectivity index (χ0) is 32.4. The monoisotopic (exact) mass is 626 g/mol. The number of aromatic hydroxyl groups is 1. The Hall–Kier alpha value is -3.26. The molecule has 3 saturated heterocycles. The quantitative estimate of drug-likeness (QED) is 0.224. The standard InChI is InChI=1S/C39H50N2O5/c1-5-9-27(20-29-18-25(2)37(42)26(3)19-29)12-13-34-35-30(23-45-4)21-32-36(33(35)24-46-34)39(44)41(38(32)43)31-14-16-40(17-15-31)22-28-10-7-6-8-11-28/h6-8,10-11,18-20,31-34,36,42H,5,9,12-17,21-24H2,1-4H3/b27-20+/t32-,33+,34-,36-/m1/s1. The lowest BCUT2D eigenvalue weighted by atomic mass is 9.69. The number of likely N-dealkylation sites (tertiary alicyclic amines) is 2. The van der Waals surface area contributed by atoms with Gasteiger partial charge in [-0.3, -0.25) is 19.4 Å². The lowest BCUT2D eigenvalue weighted by Gasteiger charge is -2.36. The minimum atomic E-state index is -0.330. The Morgan fingerprint density at radius 3 is 2.41 bits per heavy atom. The molecule has 2 aromatic carbocycles. The SMILES string of the molecule is CCC/C(=C\c1cc(C)c(O)c(C)c1)CC[C@H]1OC[C@H]2C1=C(COC)C[C@H]1C(=O)N(C3CCN(Cc4ccccc4)CC3)C(=O)[C@H]12. The summed E-state index contributed by atoms with van der Waals surface area (Å²) in [6.07, 6.45) is 8.20. The summed E-state index contributed by atoms with van der Waals surface area (Å²) in [5.74, 6) is -0.310. The molecule has 0 aromatic heterocycles. The molecule has 4 atom stereocenters. The van der Waals surface area contributed by atoms with Crippen LogP contribution in [0.5, 0.6) is 5.75 Å². The van der Waals surface area contributed by atoms with Crippen LogP contribution in [0.3, 0.4) is 0 Å². The van der Waals surface area contributed by atoms with E-state index in [9.17, 15) is 14.7 Å². The number of amides is 2. The van der Waals surface area contributed by atoms with Crippen molar-refractivity contribution in [2.24, 2.45) is 17.8 Å². The molecule has 1 N–H and O–H groups in total. The van der Waals surface area contributed by atoms with Crippen molar-refractivity contribution in [1.82, 2.24) is 9.80 Å². The first-order valence-corrected chi connectivity index (χ1v) is 17.2. The van der Waals surface area contributed by atoms with Gasteiger partial charge in [0.15, 0.2) is 0 Å². The molecule has 246 valence electrons. The molecule has 46 heavy (non-hydrogen) atoms. The number of fused-ring (bicyclic) bond motifs is 3. The predicted octanol–water partition coefficient (Wildman–Crippen LogP) is 6.60. The number of allylic oxidation sites excluding steroid dienone is 1. The molecule has 6 rings (SSSR count). The number of carbonyl (C=O) groups is 2. The molecule has 3 aliphatic heterocycles. The van der Waals surface area contributed by atoms with Gasteiger partial charge < -0.3 is 14.6 Å². The number of rotatable bonds is 11. The van der Waals surface area contributed by atoms with Crippen molar-refractivity contribution in [3.8, 4) is 5.75 Å². The van der Waals surface area contributed by atoms with Crippen LogP contribution in [0, 0.1) is 31.6 Å². The number of hydrogen-bond donors (Lipinski definition) is 1. The zero-order valence-corrected chi connectivity index (χ0v) is 28.0. The highest BCUT2D eigenvalue weighted by Gasteiger charge is 2.58. The summed E-state index contributed by atoms with van der Waals surface area (Å²) in [7, 11) is 1.71. The molecular formula is C39H50N2O5. The summed E-state index contributed by atoms with van der Waals surface area (Å²) in [6.45, 7) is 9.71. The fraction of sp³-hybridized carbons (Fsp3) is 0.538. The number of hydrogen-bond acceptors (Lipinski definition) is 6. The topological polar surface area (TPSA) is 79.3 Å². The molecule has 0 saturated carbocycles. The maximum atomic E-state index is 14.1. The van der Waals surface area contributed by atoms with Crippen LogP contribution in [0.25, 0.3) is 6.08 Å². The van der Waals surface area contributed by atoms with Gasteiger partial charge in [0.25, 0.3) is 0 Å². The van der Waals surface area contributed by atoms with Gasteiger partial charge in [0.2, 0.25) is 11.8 Å². The van der Waals surface area contributed by atoms with Crippen molar-refractivity contribution in [2.75, 3.05) is 33.4 Å². The van der Waals surface area contributed by atoms with Crippen LogP contribution < -0.4 is 0 Å². The van der Waals surface area contributed by atoms with Gasteiger partial charge >= 0.3 is 0 Å². The number of ether oxygens (including phenoxy) is 2. The molecule has 7 nitrogen and oxygen atoms in total. The molecule has 1 aliphatic carbocycles. The Labute approximate surface area is 274 Å². The van der Waals surface area contributed by atoms with E-state index < -0.39 is 0 Å². The second kappa shape index (κ2) is 14.2. The smallest absolute Gasteiger partial charge is 0.234 e. The largest absolute Gasteiger partial charge is 0.507 e. The third kappa shape index (κ3) is 6.60. The van der Waals surface area contributed by atoms with Crippen LogP contribution in [-0.4, -0.2) is 72.3 Å². The maximum absolute atomic E-state index is 14.1. The Morgan fingerprint density at radius 2 is 1.74 bits per heavy atom. The van der Waals surface area contributed by atoms with Gasteiger partial charge in [0.05, 0.1) is 31.2 Å². The lowest BCUT2D eigenvalue weighted by Crippen LogP contribution is -2.47. The van der Waals surface area contributed by atoms with Gasteiger partial charge in [-0.1, -0.05) is 55.3 Å². The minimum absolute atomic E-state index is 0.0141. The van der Waals surface area contributed by atoms with Crippen molar-refractivity contribution in [1.29, 1.82) is 0 Å². The van der Waals surface area contributed by atoms with Crippen LogP contribution in [0.2, 0.25) is 0 Å². The maximum Gasteiger partial charge on any atom is 0.234 e. The lowest BCUT2D eigenvalue weighted by molar-refractivity contribution is -0.144. The second-order valence-electron chi connectivity index (χ2n) is 13.9. The van der Waals surface area contributed by atoms with E-state index in [1.54, 1.807) is 12.0 Å². The zero-order valence-electron chi connectivity index (χ0n) is 28.0. The first kappa shape index (κ1) is 32.7. The number of methoxy groups -OCH3 is 1. The number of benzene rings is 2. The van der Waals surface area contributed by atoms with E-state index >= 15 is 0 Å². The Morgan fingerprint density at radius 1 is 1.02 bits per heavy atom. The van der Waals surface area contributed by atoms with Crippen LogP contribution >= 0.6 is 0 Å². The molecule has 4 aliphatic rings. The van der Waals surface area contributed by atoms with E-state index in [-0.39, 0.29) is 41.7 Å². The number of aryl methyl sites for hydroxylation is 2. The summed E-state index contributed by atoms with van der Waals surface area (Å²) in [5.41, 5.74) is 7.92. The van der Waals surface area contributed by atoms with E-state index in [4.69, 9.17) is 9.47 Å². The molecule has 0 bridgehead atoms. The van der Waals surface area contributed by atoms with Crippen molar-refractivity contribution >= 4 is 17.9 Å². The molecular weight excluding hydrogens is 576 g/mol. The van der Waals surface area contributed by atoms with Gasteiger partial charge in [-0.15, -0.1) is 0 Å². The molecule has 2 amide bonds. The first-order valence-electron chi connectivity index (χ1n) is 17.2. The molecule has 0 radical (unpaired) electrons. The first-order chi connectivity index (χ1) is 22.3. The van der Waals surface area contributed by atoms with E-state index in [0.29, 0.717) is 25.4 Å². The number of phenolic OH excluding ortho intramolecular Hbond substituents is 1. The highest BCUT2D eigenvalue weighted by molar-refractivity contribution is 6.06. The average molecular weight is 627 g/mol. The number of imide groups is 1. The van der Waals surface area contributed by atoms with E-state index in [2.05, 4.69) is 42.2 Å². The minimum Gasteiger partial charge on any atom is -0.507 e. The number of nitrogens with zero attached hydrogens (tertiary/aromatic N) is 2. The summed E-state index contributed by atoms with van der Waals surface area (Å²) in [4.78, 5) is 32.2. The van der Waals surface area contributed by atoms with Crippen LogP contribution in [0.1, 0.15) is 74.1 Å². The van der Waals surface area contributed by atoms with Crippen LogP contribution in [0.15, 0.2) is 59.2 Å². The second-order valence-corrected chi connectivity index (χ2v) is 13.9. The summed E-state index contributed by atoms with van der Waals surface area (Å²) < 4.78 is 12.2. The number of phenols is 1. The predicted molar refractivity (Wildman–Crippen MR) is 180 cm³/mol. The molecule has 2 aromatic rings. The van der Waals surface area contributed by atoms with Gasteiger partial charge in [0, 0.05) is 38.7 Å². The highest BCUT2D eigenvalue weighted by Crippen LogP contribution is 2.50. The van der Waals surface area contributed by atoms with Crippen molar-refractivity contribution in [2.45, 2.75) is 84.4 Å². The molecule has 3 heterocycles. The molecule has 0 spiro atoms. The summed E-state index contributed by atoms with van der Waals surface area (Å²) >= 11 is 0. The normalized spacial score (nSPS) is 25.8. The van der Waals surface area contributed by atoms with Gasteiger partial charge in [-0.25, -0.2) is 0 Å². The van der Waals surface area contributed by atoms with E-state index in [0.717, 1.165) is 80.4 Å². The fourth-order valence-electron chi connectivity index (χ4n) is 8.56. The van der Waals surface area contributed by atoms with Crippen molar-refractivity contribution < 1.29 is 24.2 Å². The van der Waals surface area contributed by atoms with Gasteiger partial charge in [-0.2, -0.15) is 0 Å². The van der Waals surface area contributed by atoms with Crippen molar-refractivity contribution in [3.63, 3.8) is 0 Å². The van der Waals surface area contributed by atoms with Crippen LogP contribution in [-0.2, 0) is 25.6 Å². The fourth-order valence-corrected chi connectivity index (χ4v) is 8.56. The van der Waals surface area contributed by atoms with Crippen LogP contribution in [0.4, 0.5) is 0 Å². The Kier molecular flexibility index (Phi) is 10.1. The van der Waals surface area contributed by atoms with E-state index in [1.807, 2.05) is 32.0 Å². The van der Waals surface area contributed by atoms with Crippen molar-refractivity contribution in [3.05, 3.63) is 81.4 Å². The average Bonchev–Trinajstić information content (AvgIpc) is 3.58. The molecule has 0 unspecified atom stereocenters.